The van der Waals surface area contributed by atoms with Crippen LogP contribution in [0.5, 0.6) is 5.75 Å². The van der Waals surface area contributed by atoms with Crippen molar-refractivity contribution in [1.82, 2.24) is 10.2 Å². The first-order valence-electron chi connectivity index (χ1n) is 8.57. The Labute approximate surface area is 155 Å². The number of rotatable bonds is 8. The van der Waals surface area contributed by atoms with Crippen LogP contribution in [-0.2, 0) is 11.2 Å². The van der Waals surface area contributed by atoms with E-state index < -0.39 is 0 Å². The number of nitrogens with one attached hydrogen (secondary N) is 1. The largest absolute Gasteiger partial charge is 0.496 e. The molecule has 1 N–H and O–H groups in total. The molecule has 0 aromatic heterocycles. The number of nitrogens with zero attached hydrogens (tertiary/aromatic N) is 1. The van der Waals surface area contributed by atoms with Gasteiger partial charge >= 0.3 is 0 Å². The van der Waals surface area contributed by atoms with Crippen LogP contribution in [0.1, 0.15) is 34.5 Å². The van der Waals surface area contributed by atoms with Crippen LogP contribution in [0, 0.1) is 0 Å². The summed E-state index contributed by atoms with van der Waals surface area (Å²) in [6.45, 7) is 2.20. The zero-order valence-corrected chi connectivity index (χ0v) is 15.8. The van der Waals surface area contributed by atoms with E-state index in [1.807, 2.05) is 49.3 Å². The minimum atomic E-state index is -0.111. The molecule has 1 atom stereocenters. The molecule has 2 rings (SSSR count). The van der Waals surface area contributed by atoms with Gasteiger partial charge in [-0.15, -0.1) is 0 Å². The lowest BCUT2D eigenvalue weighted by Crippen LogP contribution is -2.36. The van der Waals surface area contributed by atoms with E-state index in [2.05, 4.69) is 5.32 Å². The van der Waals surface area contributed by atoms with Gasteiger partial charge in [-0.2, -0.15) is 0 Å². The average Bonchev–Trinajstić information content (AvgIpc) is 2.61. The fraction of sp³-hybridized carbons (Fsp3) is 0.333. The lowest BCUT2D eigenvalue weighted by Gasteiger charge is -2.23. The third-order valence-electron chi connectivity index (χ3n) is 4.12. The molecule has 5 nitrogen and oxygen atoms in total. The Kier molecular flexibility index (Phi) is 6.92. The Morgan fingerprint density at radius 1 is 1.12 bits per heavy atom. The molecule has 5 heteroatoms. The van der Waals surface area contributed by atoms with E-state index >= 15 is 0 Å². The van der Waals surface area contributed by atoms with Crippen LogP contribution in [0.4, 0.5) is 0 Å². The fourth-order valence-electron chi connectivity index (χ4n) is 2.84. The first-order chi connectivity index (χ1) is 12.4. The molecular weight excluding hydrogens is 328 g/mol. The smallest absolute Gasteiger partial charge is 0.225 e. The normalized spacial score (nSPS) is 11.9. The Bertz CT molecular complexity index is 757. The van der Waals surface area contributed by atoms with E-state index in [1.54, 1.807) is 25.3 Å². The van der Waals surface area contributed by atoms with Crippen molar-refractivity contribution in [2.45, 2.75) is 19.4 Å². The van der Waals surface area contributed by atoms with E-state index in [0.717, 1.165) is 5.56 Å². The average molecular weight is 354 g/mol. The maximum Gasteiger partial charge on any atom is 0.225 e. The second kappa shape index (κ2) is 9.15. The van der Waals surface area contributed by atoms with Crippen molar-refractivity contribution in [3.8, 4) is 5.75 Å². The molecule has 0 heterocycles. The molecule has 0 saturated heterocycles. The molecule has 0 spiro atoms. The predicted molar refractivity (Wildman–Crippen MR) is 103 cm³/mol. The van der Waals surface area contributed by atoms with Crippen molar-refractivity contribution in [1.29, 1.82) is 0 Å². The summed E-state index contributed by atoms with van der Waals surface area (Å²) in [4.78, 5) is 26.3. The van der Waals surface area contributed by atoms with Gasteiger partial charge in [-0.1, -0.05) is 30.3 Å². The van der Waals surface area contributed by atoms with Crippen LogP contribution >= 0.6 is 0 Å². The number of ketones is 1. The van der Waals surface area contributed by atoms with Gasteiger partial charge in [0.2, 0.25) is 5.91 Å². The van der Waals surface area contributed by atoms with Crippen LogP contribution in [0.2, 0.25) is 0 Å². The summed E-state index contributed by atoms with van der Waals surface area (Å²) in [5.74, 6) is 0.456. The zero-order chi connectivity index (χ0) is 19.1. The summed E-state index contributed by atoms with van der Waals surface area (Å²) in [7, 11) is 5.51. The van der Waals surface area contributed by atoms with E-state index in [-0.39, 0.29) is 24.2 Å². The highest BCUT2D eigenvalue weighted by Crippen LogP contribution is 2.21. The molecule has 0 fully saturated rings. The molecule has 2 aromatic rings. The lowest BCUT2D eigenvalue weighted by atomic mass is 10.0. The van der Waals surface area contributed by atoms with Crippen molar-refractivity contribution in [3.63, 3.8) is 0 Å². The van der Waals surface area contributed by atoms with E-state index in [9.17, 15) is 9.59 Å². The quantitative estimate of drug-likeness (QED) is 0.741. The van der Waals surface area contributed by atoms with Gasteiger partial charge in [0.25, 0.3) is 0 Å². The molecular formula is C21H26N2O3. The SMILES string of the molecule is COc1ccc(C(C)=O)cc1CC(=O)N[C@H](CN(C)C)c1ccccc1. The number of hydrogen-bond acceptors (Lipinski definition) is 4. The number of hydrogen-bond donors (Lipinski definition) is 1. The van der Waals surface area contributed by atoms with Crippen molar-refractivity contribution < 1.29 is 14.3 Å². The number of amides is 1. The van der Waals surface area contributed by atoms with Gasteiger partial charge in [0.1, 0.15) is 5.75 Å². The van der Waals surface area contributed by atoms with Crippen molar-refractivity contribution in [2.75, 3.05) is 27.7 Å². The Balaban J connectivity index is 2.17. The lowest BCUT2D eigenvalue weighted by molar-refractivity contribution is -0.121. The highest BCUT2D eigenvalue weighted by Gasteiger charge is 2.17. The first kappa shape index (κ1) is 19.7. The Morgan fingerprint density at radius 2 is 1.81 bits per heavy atom. The molecule has 0 bridgehead atoms. The standard InChI is InChI=1S/C21H26N2O3/c1-15(24)17-10-11-20(26-4)18(12-17)13-21(25)22-19(14-23(2)3)16-8-6-5-7-9-16/h5-12,19H,13-14H2,1-4H3,(H,22,25)/t19-/m1/s1. The van der Waals surface area contributed by atoms with Gasteiger partial charge in [-0.05, 0) is 44.8 Å². The minimum Gasteiger partial charge on any atom is -0.496 e. The molecule has 0 aliphatic rings. The summed E-state index contributed by atoms with van der Waals surface area (Å²) >= 11 is 0. The third-order valence-corrected chi connectivity index (χ3v) is 4.12. The molecule has 138 valence electrons. The number of carbonyl (C=O) groups excluding carboxylic acids is 2. The summed E-state index contributed by atoms with van der Waals surface area (Å²) in [6, 6.07) is 14.9. The molecule has 26 heavy (non-hydrogen) atoms. The third kappa shape index (κ3) is 5.43. The van der Waals surface area contributed by atoms with Gasteiger partial charge in [0, 0.05) is 17.7 Å². The topological polar surface area (TPSA) is 58.6 Å². The second-order valence-corrected chi connectivity index (χ2v) is 6.55. The van der Waals surface area contributed by atoms with Crippen molar-refractivity contribution in [2.24, 2.45) is 0 Å². The molecule has 0 unspecified atom stereocenters. The summed E-state index contributed by atoms with van der Waals surface area (Å²) in [5, 5.41) is 3.09. The number of carbonyl (C=O) groups is 2. The van der Waals surface area contributed by atoms with Gasteiger partial charge in [-0.3, -0.25) is 9.59 Å². The highest BCUT2D eigenvalue weighted by atomic mass is 16.5. The van der Waals surface area contributed by atoms with Crippen LogP contribution in [0.25, 0.3) is 0 Å². The molecule has 0 saturated carbocycles. The summed E-state index contributed by atoms with van der Waals surface area (Å²) in [6.07, 6.45) is 0.154. The van der Waals surface area contributed by atoms with Crippen LogP contribution < -0.4 is 10.1 Å². The maximum absolute atomic E-state index is 12.7. The monoisotopic (exact) mass is 354 g/mol. The van der Waals surface area contributed by atoms with Crippen LogP contribution in [0.3, 0.4) is 0 Å². The number of Topliss-reactive ketones (excluding diaryl/α,β-unsaturated/α-hetero) is 1. The molecule has 0 aliphatic heterocycles. The van der Waals surface area contributed by atoms with Crippen LogP contribution in [-0.4, -0.2) is 44.3 Å². The summed E-state index contributed by atoms with van der Waals surface area (Å²) < 4.78 is 5.34. The number of methoxy groups -OCH3 is 1. The number of benzene rings is 2. The summed E-state index contributed by atoms with van der Waals surface area (Å²) in [5.41, 5.74) is 2.33. The predicted octanol–water partition coefficient (Wildman–Crippen LogP) is 2.86. The fourth-order valence-corrected chi connectivity index (χ4v) is 2.84. The molecule has 0 radical (unpaired) electrons. The van der Waals surface area contributed by atoms with Gasteiger partial charge < -0.3 is 15.0 Å². The van der Waals surface area contributed by atoms with Crippen LogP contribution in [0.15, 0.2) is 48.5 Å². The van der Waals surface area contributed by atoms with Gasteiger partial charge in [0.15, 0.2) is 5.78 Å². The zero-order valence-electron chi connectivity index (χ0n) is 15.8. The highest BCUT2D eigenvalue weighted by molar-refractivity contribution is 5.94. The van der Waals surface area contributed by atoms with E-state index in [4.69, 9.17) is 4.74 Å². The van der Waals surface area contributed by atoms with E-state index in [1.165, 1.54) is 6.92 Å². The molecule has 1 amide bonds. The van der Waals surface area contributed by atoms with Crippen molar-refractivity contribution in [3.05, 3.63) is 65.2 Å². The second-order valence-electron chi connectivity index (χ2n) is 6.55. The Hall–Kier alpha value is -2.66. The molecule has 0 aliphatic carbocycles. The van der Waals surface area contributed by atoms with E-state index in [0.29, 0.717) is 23.4 Å². The maximum atomic E-state index is 12.7. The van der Waals surface area contributed by atoms with Crippen molar-refractivity contribution >= 4 is 11.7 Å². The minimum absolute atomic E-state index is 0.0379. The molecule has 2 aromatic carbocycles. The number of likely N-dealkylation sites (N-methyl/N-ethyl adjacent to an activating group) is 1. The van der Waals surface area contributed by atoms with Gasteiger partial charge in [0.05, 0.1) is 19.6 Å². The number of ether oxygens (including phenoxy) is 1. The van der Waals surface area contributed by atoms with Gasteiger partial charge in [-0.25, -0.2) is 0 Å². The first-order valence-corrected chi connectivity index (χ1v) is 8.57. The Morgan fingerprint density at radius 3 is 2.38 bits per heavy atom.